The number of thioether (sulfide) groups is 2. The molecule has 124 valence electrons. The number of anilines is 1. The number of benzene rings is 1. The number of aliphatic imine (C=N–C) groups is 2. The number of para-hydroxylation sites is 1. The summed E-state index contributed by atoms with van der Waals surface area (Å²) in [6.45, 7) is 1.58. The van der Waals surface area contributed by atoms with Crippen LogP contribution in [0.15, 0.2) is 63.7 Å². The quantitative estimate of drug-likeness (QED) is 0.865. The number of hydrogen-bond donors (Lipinski definition) is 1. The molecule has 0 saturated heterocycles. The summed E-state index contributed by atoms with van der Waals surface area (Å²) in [7, 11) is 0. The molecule has 0 spiro atoms. The number of amidine groups is 2. The van der Waals surface area contributed by atoms with Crippen molar-refractivity contribution in [2.24, 2.45) is 9.98 Å². The van der Waals surface area contributed by atoms with Gasteiger partial charge < -0.3 is 10.2 Å². The van der Waals surface area contributed by atoms with Crippen molar-refractivity contribution in [2.75, 3.05) is 11.1 Å². The van der Waals surface area contributed by atoms with Crippen molar-refractivity contribution in [1.29, 1.82) is 0 Å². The Balaban J connectivity index is 1.27. The lowest BCUT2D eigenvalue weighted by molar-refractivity contribution is 0.517. The minimum absolute atomic E-state index is 0.745. The molecule has 1 aromatic carbocycles. The Hall–Kier alpha value is -2.25. The Morgan fingerprint density at radius 3 is 3.08 bits per heavy atom. The Morgan fingerprint density at radius 2 is 2.08 bits per heavy atom. The summed E-state index contributed by atoms with van der Waals surface area (Å²) < 4.78 is 0. The molecule has 0 aliphatic carbocycles. The van der Waals surface area contributed by atoms with Crippen molar-refractivity contribution >= 4 is 45.4 Å². The van der Waals surface area contributed by atoms with E-state index in [2.05, 4.69) is 60.9 Å². The van der Waals surface area contributed by atoms with E-state index in [-0.39, 0.29) is 0 Å². The molecule has 1 N–H and O–H groups in total. The zero-order chi connectivity index (χ0) is 16.6. The highest BCUT2D eigenvalue weighted by Crippen LogP contribution is 2.37. The molecule has 4 heterocycles. The Labute approximate surface area is 154 Å². The fourth-order valence-corrected chi connectivity index (χ4v) is 4.84. The number of pyridine rings is 1. The van der Waals surface area contributed by atoms with Gasteiger partial charge in [-0.1, -0.05) is 47.8 Å². The first-order valence-corrected chi connectivity index (χ1v) is 9.91. The lowest BCUT2D eigenvalue weighted by atomic mass is 10.1. The first-order chi connectivity index (χ1) is 12.4. The monoisotopic (exact) mass is 365 g/mol. The minimum Gasteiger partial charge on any atom is -0.335 e. The van der Waals surface area contributed by atoms with Gasteiger partial charge in [0.25, 0.3) is 0 Å². The number of nitrogens with zero attached hydrogens (tertiary/aromatic N) is 4. The lowest BCUT2D eigenvalue weighted by Crippen LogP contribution is -2.28. The maximum absolute atomic E-state index is 4.67. The van der Waals surface area contributed by atoms with Crippen molar-refractivity contribution in [3.63, 3.8) is 0 Å². The zero-order valence-electron chi connectivity index (χ0n) is 13.3. The van der Waals surface area contributed by atoms with E-state index in [1.54, 1.807) is 29.7 Å². The normalized spacial score (nSPS) is 17.6. The van der Waals surface area contributed by atoms with Crippen LogP contribution in [0.3, 0.4) is 0 Å². The van der Waals surface area contributed by atoms with Crippen LogP contribution in [-0.4, -0.2) is 26.0 Å². The van der Waals surface area contributed by atoms with Gasteiger partial charge in [0, 0.05) is 28.9 Å². The van der Waals surface area contributed by atoms with Crippen molar-refractivity contribution in [3.8, 4) is 0 Å². The van der Waals surface area contributed by atoms with Crippen molar-refractivity contribution in [3.05, 3.63) is 64.8 Å². The molecule has 0 unspecified atom stereocenters. The highest BCUT2D eigenvalue weighted by molar-refractivity contribution is 8.17. The maximum atomic E-state index is 4.67. The fraction of sp³-hybridized carbons (Fsp3) is 0.167. The molecule has 0 fully saturated rings. The zero-order valence-corrected chi connectivity index (χ0v) is 15.0. The summed E-state index contributed by atoms with van der Waals surface area (Å²) in [5.41, 5.74) is 4.85. The number of hydrogen-bond acceptors (Lipinski definition) is 7. The highest BCUT2D eigenvalue weighted by Gasteiger charge is 2.28. The summed E-state index contributed by atoms with van der Waals surface area (Å²) in [4.78, 5) is 16.0. The molecule has 0 bridgehead atoms. The summed E-state index contributed by atoms with van der Waals surface area (Å²) >= 11 is 3.41. The SMILES string of the molecule is C1=C(CSC2=NCc3ccccc3N2)N2Cc3cccnc3N=C2S1. The van der Waals surface area contributed by atoms with E-state index in [1.807, 2.05) is 6.07 Å². The van der Waals surface area contributed by atoms with E-state index in [0.29, 0.717) is 0 Å². The second-order valence-electron chi connectivity index (χ2n) is 5.89. The average molecular weight is 365 g/mol. The molecule has 5 nitrogen and oxygen atoms in total. The van der Waals surface area contributed by atoms with Crippen LogP contribution in [-0.2, 0) is 13.1 Å². The predicted octanol–water partition coefficient (Wildman–Crippen LogP) is 4.19. The molecule has 7 heteroatoms. The fourth-order valence-electron chi connectivity index (χ4n) is 2.97. The van der Waals surface area contributed by atoms with E-state index in [1.165, 1.54) is 16.8 Å². The van der Waals surface area contributed by atoms with Gasteiger partial charge in [-0.25, -0.2) is 9.98 Å². The van der Waals surface area contributed by atoms with Gasteiger partial charge in [-0.2, -0.15) is 0 Å². The number of rotatable bonds is 2. The van der Waals surface area contributed by atoms with Crippen LogP contribution in [0.4, 0.5) is 11.5 Å². The Bertz CT molecular complexity index is 935. The Morgan fingerprint density at radius 1 is 1.16 bits per heavy atom. The lowest BCUT2D eigenvalue weighted by Gasteiger charge is -2.26. The van der Waals surface area contributed by atoms with E-state index in [9.17, 15) is 0 Å². The Kier molecular flexibility index (Phi) is 3.75. The van der Waals surface area contributed by atoms with Crippen LogP contribution >= 0.6 is 23.5 Å². The highest BCUT2D eigenvalue weighted by atomic mass is 32.2. The van der Waals surface area contributed by atoms with E-state index < -0.39 is 0 Å². The third kappa shape index (κ3) is 2.83. The van der Waals surface area contributed by atoms with Crippen molar-refractivity contribution < 1.29 is 0 Å². The summed E-state index contributed by atoms with van der Waals surface area (Å²) in [5, 5.41) is 7.62. The molecule has 2 aromatic rings. The van der Waals surface area contributed by atoms with Crippen LogP contribution in [0, 0.1) is 0 Å². The van der Waals surface area contributed by atoms with Crippen LogP contribution < -0.4 is 5.32 Å². The van der Waals surface area contributed by atoms with Crippen LogP contribution in [0.2, 0.25) is 0 Å². The number of aromatic nitrogens is 1. The molecule has 3 aliphatic rings. The van der Waals surface area contributed by atoms with Gasteiger partial charge in [-0.3, -0.25) is 4.99 Å². The van der Waals surface area contributed by atoms with Crippen molar-refractivity contribution in [1.82, 2.24) is 9.88 Å². The van der Waals surface area contributed by atoms with Crippen LogP contribution in [0.25, 0.3) is 0 Å². The van der Waals surface area contributed by atoms with Gasteiger partial charge in [0.05, 0.1) is 13.1 Å². The van der Waals surface area contributed by atoms with E-state index >= 15 is 0 Å². The summed E-state index contributed by atoms with van der Waals surface area (Å²) in [6, 6.07) is 12.4. The maximum Gasteiger partial charge on any atom is 0.175 e. The van der Waals surface area contributed by atoms with Crippen molar-refractivity contribution in [2.45, 2.75) is 13.1 Å². The third-order valence-corrected chi connectivity index (χ3v) is 6.14. The van der Waals surface area contributed by atoms with Gasteiger partial charge in [-0.15, -0.1) is 0 Å². The third-order valence-electron chi connectivity index (χ3n) is 4.28. The van der Waals surface area contributed by atoms with Crippen LogP contribution in [0.5, 0.6) is 0 Å². The molecule has 5 rings (SSSR count). The molecule has 0 saturated carbocycles. The first-order valence-electron chi connectivity index (χ1n) is 8.05. The van der Waals surface area contributed by atoms with Gasteiger partial charge in [0.2, 0.25) is 0 Å². The standard InChI is InChI=1S/C18H15N5S2/c1-2-6-15-12(4-1)8-20-17(21-15)24-10-14-11-25-18-22-16-13(9-23(14)18)5-3-7-19-16/h1-7,11H,8-10H2,(H,20,21). The molecular formula is C18H15N5S2. The minimum atomic E-state index is 0.745. The summed E-state index contributed by atoms with van der Waals surface area (Å²) in [6.07, 6.45) is 1.80. The van der Waals surface area contributed by atoms with Gasteiger partial charge in [-0.05, 0) is 23.1 Å². The molecule has 1 aromatic heterocycles. The molecular weight excluding hydrogens is 350 g/mol. The molecule has 0 radical (unpaired) electrons. The molecule has 0 amide bonds. The second-order valence-corrected chi connectivity index (χ2v) is 7.69. The largest absolute Gasteiger partial charge is 0.335 e. The smallest absolute Gasteiger partial charge is 0.175 e. The van der Waals surface area contributed by atoms with E-state index in [4.69, 9.17) is 0 Å². The van der Waals surface area contributed by atoms with Gasteiger partial charge >= 0.3 is 0 Å². The van der Waals surface area contributed by atoms with E-state index in [0.717, 1.165) is 40.7 Å². The molecule has 3 aliphatic heterocycles. The van der Waals surface area contributed by atoms with Gasteiger partial charge in [0.15, 0.2) is 16.2 Å². The average Bonchev–Trinajstić information content (AvgIpc) is 3.06. The van der Waals surface area contributed by atoms with Gasteiger partial charge in [0.1, 0.15) is 0 Å². The predicted molar refractivity (Wildman–Crippen MR) is 106 cm³/mol. The summed E-state index contributed by atoms with van der Waals surface area (Å²) in [5.74, 6) is 1.72. The number of nitrogens with one attached hydrogen (secondary N) is 1. The topological polar surface area (TPSA) is 52.9 Å². The number of fused-ring (bicyclic) bond motifs is 3. The van der Waals surface area contributed by atoms with Crippen LogP contribution in [0.1, 0.15) is 11.1 Å². The first kappa shape index (κ1) is 15.0. The molecule has 0 atom stereocenters. The molecule has 25 heavy (non-hydrogen) atoms. The second kappa shape index (κ2) is 6.24.